The van der Waals surface area contributed by atoms with Crippen molar-refractivity contribution in [2.45, 2.75) is 18.4 Å². The Morgan fingerprint density at radius 1 is 0.929 bits per heavy atom. The Morgan fingerprint density at radius 2 is 1.69 bits per heavy atom. The number of anilines is 1. The lowest BCUT2D eigenvalue weighted by Gasteiger charge is -2.24. The van der Waals surface area contributed by atoms with Crippen molar-refractivity contribution in [1.82, 2.24) is 5.43 Å². The quantitative estimate of drug-likeness (QED) is 0.155. The number of hydrogen-bond acceptors (Lipinski definition) is 7. The van der Waals surface area contributed by atoms with Gasteiger partial charge in [0.25, 0.3) is 15.9 Å². The van der Waals surface area contributed by atoms with Crippen molar-refractivity contribution in [1.29, 1.82) is 0 Å². The molecule has 42 heavy (non-hydrogen) atoms. The maximum Gasteiger partial charge on any atom is 0.264 e. The first-order valence-electron chi connectivity index (χ1n) is 13.0. The van der Waals surface area contributed by atoms with E-state index in [1.807, 2.05) is 37.3 Å². The number of nitrogens with one attached hydrogen (secondary N) is 1. The van der Waals surface area contributed by atoms with E-state index in [2.05, 4.69) is 10.5 Å². The minimum atomic E-state index is -4.13. The summed E-state index contributed by atoms with van der Waals surface area (Å²) in [5.74, 6) is 0.944. The van der Waals surface area contributed by atoms with Gasteiger partial charge in [0.05, 0.1) is 30.5 Å². The monoisotopic (exact) mass is 607 g/mol. The summed E-state index contributed by atoms with van der Waals surface area (Å²) in [5.41, 5.74) is 4.29. The number of nitrogens with zero attached hydrogens (tertiary/aromatic N) is 2. The van der Waals surface area contributed by atoms with Crippen molar-refractivity contribution in [2.24, 2.45) is 5.10 Å². The molecular weight excluding hydrogens is 578 g/mol. The molecule has 0 bridgehead atoms. The van der Waals surface area contributed by atoms with E-state index in [-0.39, 0.29) is 10.6 Å². The highest BCUT2D eigenvalue weighted by atomic mass is 35.5. The summed E-state index contributed by atoms with van der Waals surface area (Å²) >= 11 is 6.13. The Bertz CT molecular complexity index is 1630. The molecule has 0 aliphatic carbocycles. The van der Waals surface area contributed by atoms with Crippen LogP contribution in [0.2, 0.25) is 5.02 Å². The maximum atomic E-state index is 13.5. The standard InChI is InChI=1S/C31H30ClN3O6S/c1-3-40-30-18-24(12-17-29(30)41-22-23-8-5-4-6-9-23)20-33-34-31(36)21-35(26-11-7-10-25(32)19-26)42(37,38)28-15-13-27(39-2)14-16-28/h4-20H,3,21-22H2,1-2H3,(H,34,36)/b33-20-. The molecule has 1 amide bonds. The first-order chi connectivity index (χ1) is 20.3. The van der Waals surface area contributed by atoms with Crippen molar-refractivity contribution >= 4 is 39.4 Å². The van der Waals surface area contributed by atoms with E-state index in [1.165, 1.54) is 43.7 Å². The van der Waals surface area contributed by atoms with Crippen LogP contribution in [0.5, 0.6) is 17.2 Å². The summed E-state index contributed by atoms with van der Waals surface area (Å²) in [6, 6.07) is 27.2. The number of carbonyl (C=O) groups excluding carboxylic acids is 1. The van der Waals surface area contributed by atoms with E-state index in [0.717, 1.165) is 9.87 Å². The fourth-order valence-electron chi connectivity index (χ4n) is 3.89. The predicted molar refractivity (Wildman–Crippen MR) is 163 cm³/mol. The third-order valence-corrected chi connectivity index (χ3v) is 7.96. The van der Waals surface area contributed by atoms with Gasteiger partial charge in [0, 0.05) is 5.02 Å². The molecule has 0 aromatic heterocycles. The molecule has 218 valence electrons. The van der Waals surface area contributed by atoms with Crippen LogP contribution in [0.3, 0.4) is 0 Å². The first-order valence-corrected chi connectivity index (χ1v) is 14.8. The molecular formula is C31H30ClN3O6S. The highest BCUT2D eigenvalue weighted by Gasteiger charge is 2.27. The van der Waals surface area contributed by atoms with Gasteiger partial charge in [-0.3, -0.25) is 9.10 Å². The van der Waals surface area contributed by atoms with Gasteiger partial charge in [0.1, 0.15) is 18.9 Å². The lowest BCUT2D eigenvalue weighted by molar-refractivity contribution is -0.119. The summed E-state index contributed by atoms with van der Waals surface area (Å²) in [7, 11) is -2.65. The lowest BCUT2D eigenvalue weighted by atomic mass is 10.2. The number of sulfonamides is 1. The van der Waals surface area contributed by atoms with Crippen LogP contribution < -0.4 is 23.9 Å². The topological polar surface area (TPSA) is 107 Å². The first kappa shape index (κ1) is 30.4. The summed E-state index contributed by atoms with van der Waals surface area (Å²) in [4.78, 5) is 12.9. The molecule has 0 fully saturated rings. The average Bonchev–Trinajstić information content (AvgIpc) is 3.00. The Hall–Kier alpha value is -4.54. The Balaban J connectivity index is 1.48. The molecule has 0 heterocycles. The van der Waals surface area contributed by atoms with Crippen molar-refractivity contribution in [3.63, 3.8) is 0 Å². The van der Waals surface area contributed by atoms with E-state index in [9.17, 15) is 13.2 Å². The van der Waals surface area contributed by atoms with Crippen LogP contribution in [-0.2, 0) is 21.4 Å². The number of carbonyl (C=O) groups is 1. The molecule has 11 heteroatoms. The summed E-state index contributed by atoms with van der Waals surface area (Å²) < 4.78 is 44.9. The molecule has 4 aromatic rings. The van der Waals surface area contributed by atoms with Gasteiger partial charge in [0.2, 0.25) is 0 Å². The van der Waals surface area contributed by atoms with Crippen molar-refractivity contribution in [3.05, 3.63) is 113 Å². The molecule has 0 unspecified atom stereocenters. The molecule has 0 saturated carbocycles. The highest BCUT2D eigenvalue weighted by molar-refractivity contribution is 7.92. The highest BCUT2D eigenvalue weighted by Crippen LogP contribution is 2.29. The molecule has 0 spiro atoms. The lowest BCUT2D eigenvalue weighted by Crippen LogP contribution is -2.39. The van der Waals surface area contributed by atoms with Gasteiger partial charge in [-0.05, 0) is 78.7 Å². The molecule has 0 aliphatic rings. The zero-order chi connectivity index (χ0) is 30.0. The van der Waals surface area contributed by atoms with E-state index < -0.39 is 22.5 Å². The molecule has 0 saturated heterocycles. The van der Waals surface area contributed by atoms with E-state index >= 15 is 0 Å². The molecule has 4 rings (SSSR count). The number of hydrogen-bond donors (Lipinski definition) is 1. The van der Waals surface area contributed by atoms with Crippen LogP contribution in [0.1, 0.15) is 18.1 Å². The molecule has 1 N–H and O–H groups in total. The van der Waals surface area contributed by atoms with Gasteiger partial charge >= 0.3 is 0 Å². The van der Waals surface area contributed by atoms with Crippen molar-refractivity contribution in [3.8, 4) is 17.2 Å². The Kier molecular flexibility index (Phi) is 10.4. The van der Waals surface area contributed by atoms with E-state index in [1.54, 1.807) is 36.4 Å². The number of ether oxygens (including phenoxy) is 3. The van der Waals surface area contributed by atoms with Crippen LogP contribution in [-0.4, -0.2) is 40.8 Å². The smallest absolute Gasteiger partial charge is 0.264 e. The number of benzene rings is 4. The minimum Gasteiger partial charge on any atom is -0.497 e. The van der Waals surface area contributed by atoms with Crippen LogP contribution in [0.4, 0.5) is 5.69 Å². The van der Waals surface area contributed by atoms with Crippen molar-refractivity contribution in [2.75, 3.05) is 24.6 Å². The molecule has 4 aromatic carbocycles. The zero-order valence-corrected chi connectivity index (χ0v) is 24.6. The molecule has 9 nitrogen and oxygen atoms in total. The van der Waals surface area contributed by atoms with Crippen molar-refractivity contribution < 1.29 is 27.4 Å². The number of rotatable bonds is 13. The normalized spacial score (nSPS) is 11.2. The Morgan fingerprint density at radius 3 is 2.38 bits per heavy atom. The van der Waals surface area contributed by atoms with Crippen LogP contribution in [0, 0.1) is 0 Å². The molecule has 0 atom stereocenters. The van der Waals surface area contributed by atoms with E-state index in [0.29, 0.717) is 41.0 Å². The van der Waals surface area contributed by atoms with Crippen LogP contribution in [0.15, 0.2) is 107 Å². The third kappa shape index (κ3) is 8.02. The van der Waals surface area contributed by atoms with Gasteiger partial charge in [-0.25, -0.2) is 13.8 Å². The maximum absolute atomic E-state index is 13.5. The van der Waals surface area contributed by atoms with Gasteiger partial charge in [0.15, 0.2) is 11.5 Å². The number of methoxy groups -OCH3 is 1. The van der Waals surface area contributed by atoms with Crippen LogP contribution in [0.25, 0.3) is 0 Å². The second-order valence-electron chi connectivity index (χ2n) is 8.87. The van der Waals surface area contributed by atoms with Gasteiger partial charge < -0.3 is 14.2 Å². The zero-order valence-electron chi connectivity index (χ0n) is 23.1. The second kappa shape index (κ2) is 14.4. The average molecular weight is 608 g/mol. The predicted octanol–water partition coefficient (Wildman–Crippen LogP) is 5.67. The van der Waals surface area contributed by atoms with Gasteiger partial charge in [-0.15, -0.1) is 0 Å². The largest absolute Gasteiger partial charge is 0.497 e. The van der Waals surface area contributed by atoms with Crippen LogP contribution >= 0.6 is 11.6 Å². The number of amides is 1. The van der Waals surface area contributed by atoms with E-state index in [4.69, 9.17) is 25.8 Å². The summed E-state index contributed by atoms with van der Waals surface area (Å²) in [6.07, 6.45) is 1.43. The number of hydrazone groups is 1. The fraction of sp³-hybridized carbons (Fsp3) is 0.161. The van der Waals surface area contributed by atoms with Gasteiger partial charge in [-0.1, -0.05) is 48.0 Å². The molecule has 0 radical (unpaired) electrons. The Labute approximate surface area is 250 Å². The summed E-state index contributed by atoms with van der Waals surface area (Å²) in [6.45, 7) is 2.14. The van der Waals surface area contributed by atoms with Gasteiger partial charge in [-0.2, -0.15) is 5.10 Å². The summed E-state index contributed by atoms with van der Waals surface area (Å²) in [5, 5.41) is 4.34. The SMILES string of the molecule is CCOc1cc(/C=N\NC(=O)CN(c2cccc(Cl)c2)S(=O)(=O)c2ccc(OC)cc2)ccc1OCc1ccccc1. The second-order valence-corrected chi connectivity index (χ2v) is 11.2. The molecule has 0 aliphatic heterocycles. The fourth-order valence-corrected chi connectivity index (χ4v) is 5.49. The minimum absolute atomic E-state index is 0.0161. The number of halogens is 1. The third-order valence-electron chi connectivity index (χ3n) is 5.94.